The number of pyridine rings is 1. The standard InChI is InChI=1S/C14H19NO/c1-10-2-5-14(15-8-10)16-9-13-7-11-3-4-12(13)6-11/h2,5,8,11-13H,3-4,6-7,9H2,1H3. The molecule has 0 aromatic carbocycles. The topological polar surface area (TPSA) is 22.1 Å². The average molecular weight is 217 g/mol. The molecule has 0 amide bonds. The molecule has 1 heterocycles. The first-order chi connectivity index (χ1) is 7.81. The summed E-state index contributed by atoms with van der Waals surface area (Å²) in [5.74, 6) is 3.52. The van der Waals surface area contributed by atoms with Crippen molar-refractivity contribution in [3.05, 3.63) is 23.9 Å². The minimum atomic E-state index is 0.786. The van der Waals surface area contributed by atoms with Crippen molar-refractivity contribution in [1.82, 2.24) is 4.98 Å². The first-order valence-electron chi connectivity index (χ1n) is 6.37. The molecule has 0 saturated heterocycles. The summed E-state index contributed by atoms with van der Waals surface area (Å²) in [6.07, 6.45) is 7.60. The Bertz CT molecular complexity index is 360. The summed E-state index contributed by atoms with van der Waals surface area (Å²) in [5, 5.41) is 0. The van der Waals surface area contributed by atoms with E-state index in [1.54, 1.807) is 0 Å². The van der Waals surface area contributed by atoms with E-state index in [1.807, 2.05) is 19.2 Å². The summed E-state index contributed by atoms with van der Waals surface area (Å²) in [4.78, 5) is 4.28. The highest BCUT2D eigenvalue weighted by molar-refractivity contribution is 5.16. The van der Waals surface area contributed by atoms with E-state index in [0.717, 1.165) is 30.2 Å². The van der Waals surface area contributed by atoms with E-state index in [2.05, 4.69) is 11.1 Å². The van der Waals surface area contributed by atoms with E-state index in [-0.39, 0.29) is 0 Å². The minimum Gasteiger partial charge on any atom is -0.477 e. The number of nitrogens with zero attached hydrogens (tertiary/aromatic N) is 1. The van der Waals surface area contributed by atoms with E-state index < -0.39 is 0 Å². The molecule has 0 aliphatic heterocycles. The molecule has 3 atom stereocenters. The Morgan fingerprint density at radius 1 is 1.31 bits per heavy atom. The highest BCUT2D eigenvalue weighted by Crippen LogP contribution is 2.48. The molecule has 3 unspecified atom stereocenters. The van der Waals surface area contributed by atoms with E-state index in [0.29, 0.717) is 0 Å². The summed E-state index contributed by atoms with van der Waals surface area (Å²) < 4.78 is 5.79. The molecule has 2 fully saturated rings. The lowest BCUT2D eigenvalue weighted by molar-refractivity contribution is 0.190. The number of rotatable bonds is 3. The fourth-order valence-electron chi connectivity index (χ4n) is 3.31. The van der Waals surface area contributed by atoms with Crippen LogP contribution in [0.1, 0.15) is 31.2 Å². The van der Waals surface area contributed by atoms with Gasteiger partial charge in [0.25, 0.3) is 0 Å². The van der Waals surface area contributed by atoms with Crippen molar-refractivity contribution < 1.29 is 4.74 Å². The number of fused-ring (bicyclic) bond motifs is 2. The Balaban J connectivity index is 1.55. The normalized spacial score (nSPS) is 31.9. The van der Waals surface area contributed by atoms with Crippen LogP contribution >= 0.6 is 0 Å². The fourth-order valence-corrected chi connectivity index (χ4v) is 3.31. The maximum atomic E-state index is 5.79. The van der Waals surface area contributed by atoms with E-state index >= 15 is 0 Å². The van der Waals surface area contributed by atoms with Crippen molar-refractivity contribution in [2.45, 2.75) is 32.6 Å². The predicted molar refractivity (Wildman–Crippen MR) is 63.4 cm³/mol. The predicted octanol–water partition coefficient (Wildman–Crippen LogP) is 3.21. The van der Waals surface area contributed by atoms with Gasteiger partial charge in [-0.3, -0.25) is 0 Å². The van der Waals surface area contributed by atoms with Gasteiger partial charge in [0.05, 0.1) is 6.61 Å². The first kappa shape index (κ1) is 10.1. The second kappa shape index (κ2) is 4.08. The van der Waals surface area contributed by atoms with Gasteiger partial charge >= 0.3 is 0 Å². The maximum Gasteiger partial charge on any atom is 0.213 e. The van der Waals surface area contributed by atoms with Gasteiger partial charge in [0, 0.05) is 12.3 Å². The van der Waals surface area contributed by atoms with Crippen LogP contribution in [0.2, 0.25) is 0 Å². The van der Waals surface area contributed by atoms with E-state index in [4.69, 9.17) is 4.74 Å². The van der Waals surface area contributed by atoms with Crippen LogP contribution in [0.5, 0.6) is 5.88 Å². The third-order valence-electron chi connectivity index (χ3n) is 4.21. The molecular formula is C14H19NO. The summed E-state index contributed by atoms with van der Waals surface area (Å²) in [7, 11) is 0. The van der Waals surface area contributed by atoms with Crippen LogP contribution in [0.25, 0.3) is 0 Å². The lowest BCUT2D eigenvalue weighted by Crippen LogP contribution is -2.18. The Morgan fingerprint density at radius 2 is 2.25 bits per heavy atom. The van der Waals surface area contributed by atoms with Crippen molar-refractivity contribution >= 4 is 0 Å². The number of aromatic nitrogens is 1. The molecule has 86 valence electrons. The molecule has 2 nitrogen and oxygen atoms in total. The van der Waals surface area contributed by atoms with Crippen molar-refractivity contribution in [2.24, 2.45) is 17.8 Å². The molecule has 2 heteroatoms. The minimum absolute atomic E-state index is 0.786. The van der Waals surface area contributed by atoms with Crippen molar-refractivity contribution in [1.29, 1.82) is 0 Å². The Morgan fingerprint density at radius 3 is 2.88 bits per heavy atom. The van der Waals surface area contributed by atoms with Gasteiger partial charge in [-0.25, -0.2) is 4.98 Å². The van der Waals surface area contributed by atoms with Gasteiger partial charge in [0.15, 0.2) is 0 Å². The zero-order chi connectivity index (χ0) is 11.0. The van der Waals surface area contributed by atoms with Crippen LogP contribution in [0.3, 0.4) is 0 Å². The first-order valence-corrected chi connectivity index (χ1v) is 6.37. The second-order valence-electron chi connectivity index (χ2n) is 5.42. The molecule has 0 spiro atoms. The number of hydrogen-bond donors (Lipinski definition) is 0. The van der Waals surface area contributed by atoms with Crippen LogP contribution in [0.4, 0.5) is 0 Å². The molecule has 2 bridgehead atoms. The smallest absolute Gasteiger partial charge is 0.213 e. The molecule has 1 aromatic rings. The quantitative estimate of drug-likeness (QED) is 0.775. The SMILES string of the molecule is Cc1ccc(OCC2CC3CCC2C3)nc1. The summed E-state index contributed by atoms with van der Waals surface area (Å²) >= 11 is 0. The number of aryl methyl sites for hydroxylation is 1. The lowest BCUT2D eigenvalue weighted by Gasteiger charge is -2.21. The van der Waals surface area contributed by atoms with Gasteiger partial charge in [0.1, 0.15) is 0 Å². The van der Waals surface area contributed by atoms with Gasteiger partial charge in [-0.1, -0.05) is 12.5 Å². The summed E-state index contributed by atoms with van der Waals surface area (Å²) in [5.41, 5.74) is 1.19. The maximum absolute atomic E-state index is 5.79. The summed E-state index contributed by atoms with van der Waals surface area (Å²) in [6, 6.07) is 4.03. The van der Waals surface area contributed by atoms with E-state index in [9.17, 15) is 0 Å². The van der Waals surface area contributed by atoms with Crippen LogP contribution in [0.15, 0.2) is 18.3 Å². The van der Waals surface area contributed by atoms with Crippen molar-refractivity contribution in [2.75, 3.05) is 6.61 Å². The Hall–Kier alpha value is -1.05. The lowest BCUT2D eigenvalue weighted by atomic mass is 9.90. The fraction of sp³-hybridized carbons (Fsp3) is 0.643. The van der Waals surface area contributed by atoms with Crippen LogP contribution in [-0.2, 0) is 0 Å². The van der Waals surface area contributed by atoms with Crippen molar-refractivity contribution in [3.8, 4) is 5.88 Å². The zero-order valence-electron chi connectivity index (χ0n) is 9.86. The molecule has 16 heavy (non-hydrogen) atoms. The van der Waals surface area contributed by atoms with Gasteiger partial charge in [0.2, 0.25) is 5.88 Å². The zero-order valence-corrected chi connectivity index (χ0v) is 9.86. The summed E-state index contributed by atoms with van der Waals surface area (Å²) in [6.45, 7) is 2.92. The van der Waals surface area contributed by atoms with E-state index in [1.165, 1.54) is 31.2 Å². The Labute approximate surface area is 97.0 Å². The van der Waals surface area contributed by atoms with Gasteiger partial charge in [-0.15, -0.1) is 0 Å². The highest BCUT2D eigenvalue weighted by atomic mass is 16.5. The number of hydrogen-bond acceptors (Lipinski definition) is 2. The number of ether oxygens (including phenoxy) is 1. The van der Waals surface area contributed by atoms with Gasteiger partial charge in [-0.05, 0) is 49.5 Å². The molecular weight excluding hydrogens is 198 g/mol. The third-order valence-corrected chi connectivity index (χ3v) is 4.21. The average Bonchev–Trinajstić information content (AvgIpc) is 2.90. The molecule has 2 saturated carbocycles. The molecule has 2 aliphatic carbocycles. The molecule has 0 N–H and O–H groups in total. The second-order valence-corrected chi connectivity index (χ2v) is 5.42. The van der Waals surface area contributed by atoms with Crippen LogP contribution < -0.4 is 4.74 Å². The van der Waals surface area contributed by atoms with Crippen LogP contribution in [-0.4, -0.2) is 11.6 Å². The van der Waals surface area contributed by atoms with Gasteiger partial charge < -0.3 is 4.74 Å². The third kappa shape index (κ3) is 1.93. The van der Waals surface area contributed by atoms with Crippen LogP contribution in [0, 0.1) is 24.7 Å². The van der Waals surface area contributed by atoms with Gasteiger partial charge in [-0.2, -0.15) is 0 Å². The largest absolute Gasteiger partial charge is 0.477 e. The van der Waals surface area contributed by atoms with Crippen molar-refractivity contribution in [3.63, 3.8) is 0 Å². The molecule has 2 aliphatic rings. The monoisotopic (exact) mass is 217 g/mol. The molecule has 0 radical (unpaired) electrons. The Kier molecular flexibility index (Phi) is 2.58. The highest BCUT2D eigenvalue weighted by Gasteiger charge is 2.39. The molecule has 3 rings (SSSR count). The molecule has 1 aromatic heterocycles.